The lowest BCUT2D eigenvalue weighted by molar-refractivity contribution is -0.119. The van der Waals surface area contributed by atoms with Crippen LogP contribution in [0, 0.1) is 0 Å². The maximum Gasteiger partial charge on any atom is 0.264 e. The van der Waals surface area contributed by atoms with Gasteiger partial charge in [0.1, 0.15) is 18.0 Å². The van der Waals surface area contributed by atoms with Crippen molar-refractivity contribution in [3.63, 3.8) is 0 Å². The van der Waals surface area contributed by atoms with Gasteiger partial charge in [0.25, 0.3) is 15.9 Å². The standard InChI is InChI=1S/C31H27N3O5S/c1-38-24-16-17-30(39-2)29(19-24)34(40(36,37)25-12-4-3-5-13-25)21-31(35)33-32-20-28-26-14-8-6-10-22(26)18-23-11-7-9-15-27(23)28/h3-20H,21H2,1-2H3,(H,33,35). The molecule has 5 aromatic carbocycles. The molecule has 0 aromatic heterocycles. The van der Waals surface area contributed by atoms with Gasteiger partial charge in [0, 0.05) is 11.6 Å². The van der Waals surface area contributed by atoms with E-state index in [0.29, 0.717) is 5.75 Å². The number of fused-ring (bicyclic) bond motifs is 2. The van der Waals surface area contributed by atoms with Gasteiger partial charge in [-0.05, 0) is 51.9 Å². The van der Waals surface area contributed by atoms with Crippen LogP contribution in [0.5, 0.6) is 11.5 Å². The zero-order valence-electron chi connectivity index (χ0n) is 21.9. The van der Waals surface area contributed by atoms with E-state index in [1.54, 1.807) is 36.5 Å². The molecule has 0 saturated carbocycles. The summed E-state index contributed by atoms with van der Waals surface area (Å²) in [5, 5.41) is 8.26. The quantitative estimate of drug-likeness (QED) is 0.151. The number of hydrogen-bond donors (Lipinski definition) is 1. The van der Waals surface area contributed by atoms with Gasteiger partial charge in [-0.2, -0.15) is 5.10 Å². The molecule has 8 nitrogen and oxygen atoms in total. The molecule has 202 valence electrons. The van der Waals surface area contributed by atoms with Crippen LogP contribution in [0.15, 0.2) is 113 Å². The topological polar surface area (TPSA) is 97.3 Å². The van der Waals surface area contributed by atoms with Gasteiger partial charge in [0.2, 0.25) is 0 Å². The lowest BCUT2D eigenvalue weighted by atomic mass is 9.97. The highest BCUT2D eigenvalue weighted by Gasteiger charge is 2.30. The van der Waals surface area contributed by atoms with Crippen molar-refractivity contribution in [2.75, 3.05) is 25.1 Å². The van der Waals surface area contributed by atoms with Crippen LogP contribution in [0.25, 0.3) is 21.5 Å². The Bertz CT molecular complexity index is 1770. The predicted octanol–water partition coefficient (Wildman–Crippen LogP) is 5.36. The minimum Gasteiger partial charge on any atom is -0.497 e. The maximum absolute atomic E-state index is 13.7. The highest BCUT2D eigenvalue weighted by atomic mass is 32.2. The van der Waals surface area contributed by atoms with Crippen molar-refractivity contribution in [3.8, 4) is 11.5 Å². The number of carbonyl (C=O) groups excluding carboxylic acids is 1. The van der Waals surface area contributed by atoms with Crippen LogP contribution in [-0.2, 0) is 14.8 Å². The molecular weight excluding hydrogens is 526 g/mol. The zero-order valence-corrected chi connectivity index (χ0v) is 22.8. The van der Waals surface area contributed by atoms with Crippen LogP contribution < -0.4 is 19.2 Å². The third-order valence-electron chi connectivity index (χ3n) is 6.47. The summed E-state index contributed by atoms with van der Waals surface area (Å²) in [4.78, 5) is 13.2. The summed E-state index contributed by atoms with van der Waals surface area (Å²) in [5.74, 6) is 0.0364. The second-order valence-electron chi connectivity index (χ2n) is 8.89. The summed E-state index contributed by atoms with van der Waals surface area (Å²) >= 11 is 0. The first kappa shape index (κ1) is 26.7. The van der Waals surface area contributed by atoms with Crippen LogP contribution in [0.4, 0.5) is 5.69 Å². The first-order valence-corrected chi connectivity index (χ1v) is 13.9. The van der Waals surface area contributed by atoms with E-state index in [4.69, 9.17) is 9.47 Å². The molecule has 0 saturated heterocycles. The minimum atomic E-state index is -4.16. The highest BCUT2D eigenvalue weighted by molar-refractivity contribution is 7.92. The molecular formula is C31H27N3O5S. The Kier molecular flexibility index (Phi) is 7.65. The number of nitrogens with zero attached hydrogens (tertiary/aromatic N) is 2. The van der Waals surface area contributed by atoms with Crippen molar-refractivity contribution in [2.45, 2.75) is 4.90 Å². The number of hydrazone groups is 1. The number of sulfonamides is 1. The lowest BCUT2D eigenvalue weighted by Gasteiger charge is -2.25. The van der Waals surface area contributed by atoms with Gasteiger partial charge in [-0.25, -0.2) is 13.8 Å². The van der Waals surface area contributed by atoms with Crippen LogP contribution in [0.2, 0.25) is 0 Å². The van der Waals surface area contributed by atoms with Gasteiger partial charge in [-0.1, -0.05) is 66.7 Å². The van der Waals surface area contributed by atoms with E-state index in [0.717, 1.165) is 31.4 Å². The van der Waals surface area contributed by atoms with E-state index < -0.39 is 22.5 Å². The number of ether oxygens (including phenoxy) is 2. The van der Waals surface area contributed by atoms with Crippen LogP contribution in [0.3, 0.4) is 0 Å². The summed E-state index contributed by atoms with van der Waals surface area (Å²) in [5.41, 5.74) is 3.50. The molecule has 0 unspecified atom stereocenters. The average Bonchev–Trinajstić information content (AvgIpc) is 2.99. The van der Waals surface area contributed by atoms with Crippen LogP contribution in [-0.4, -0.2) is 41.3 Å². The number of nitrogens with one attached hydrogen (secondary N) is 1. The molecule has 0 aliphatic carbocycles. The Morgan fingerprint density at radius 2 is 1.45 bits per heavy atom. The molecule has 5 aromatic rings. The van der Waals surface area contributed by atoms with Gasteiger partial charge in [0.15, 0.2) is 0 Å². The molecule has 0 atom stereocenters. The van der Waals surface area contributed by atoms with Crippen molar-refractivity contribution >= 4 is 49.4 Å². The molecule has 5 rings (SSSR count). The average molecular weight is 554 g/mol. The molecule has 0 radical (unpaired) electrons. The van der Waals surface area contributed by atoms with Crippen LogP contribution >= 0.6 is 0 Å². The van der Waals surface area contributed by atoms with Crippen molar-refractivity contribution in [1.82, 2.24) is 5.43 Å². The number of benzene rings is 5. The first-order valence-electron chi connectivity index (χ1n) is 12.4. The van der Waals surface area contributed by atoms with Crippen LogP contribution in [0.1, 0.15) is 5.56 Å². The van der Waals surface area contributed by atoms with E-state index in [1.165, 1.54) is 32.4 Å². The molecule has 0 spiro atoms. The molecule has 0 bridgehead atoms. The van der Waals surface area contributed by atoms with E-state index in [9.17, 15) is 13.2 Å². The van der Waals surface area contributed by atoms with Crippen molar-refractivity contribution in [2.24, 2.45) is 5.10 Å². The van der Waals surface area contributed by atoms with E-state index in [-0.39, 0.29) is 16.3 Å². The Morgan fingerprint density at radius 3 is 2.08 bits per heavy atom. The fraction of sp³-hybridized carbons (Fsp3) is 0.0968. The second kappa shape index (κ2) is 11.5. The van der Waals surface area contributed by atoms with Gasteiger partial charge in [-0.3, -0.25) is 9.10 Å². The molecule has 40 heavy (non-hydrogen) atoms. The van der Waals surface area contributed by atoms with Gasteiger partial charge < -0.3 is 9.47 Å². The predicted molar refractivity (Wildman–Crippen MR) is 158 cm³/mol. The Morgan fingerprint density at radius 1 is 0.825 bits per heavy atom. The van der Waals surface area contributed by atoms with E-state index >= 15 is 0 Å². The second-order valence-corrected chi connectivity index (χ2v) is 10.8. The highest BCUT2D eigenvalue weighted by Crippen LogP contribution is 2.35. The fourth-order valence-corrected chi connectivity index (χ4v) is 5.98. The Hall–Kier alpha value is -4.89. The summed E-state index contributed by atoms with van der Waals surface area (Å²) in [6.45, 7) is -0.547. The normalized spacial score (nSPS) is 11.6. The summed E-state index contributed by atoms with van der Waals surface area (Å²) in [6, 6.07) is 30.6. The first-order chi connectivity index (χ1) is 19.4. The number of rotatable bonds is 9. The fourth-order valence-electron chi connectivity index (χ4n) is 4.53. The molecule has 1 N–H and O–H groups in total. The Labute approximate surface area is 232 Å². The third kappa shape index (κ3) is 5.32. The van der Waals surface area contributed by atoms with Gasteiger partial charge >= 0.3 is 0 Å². The molecule has 0 aliphatic heterocycles. The summed E-state index contributed by atoms with van der Waals surface area (Å²) in [6.07, 6.45) is 1.59. The number of amides is 1. The summed E-state index contributed by atoms with van der Waals surface area (Å²) < 4.78 is 39.2. The molecule has 0 fully saturated rings. The van der Waals surface area contributed by atoms with E-state index in [2.05, 4.69) is 16.6 Å². The third-order valence-corrected chi connectivity index (χ3v) is 8.24. The largest absolute Gasteiger partial charge is 0.497 e. The molecule has 0 heterocycles. The maximum atomic E-state index is 13.7. The smallest absolute Gasteiger partial charge is 0.264 e. The van der Waals surface area contributed by atoms with Gasteiger partial charge in [0.05, 0.1) is 31.0 Å². The zero-order chi connectivity index (χ0) is 28.1. The number of hydrogen-bond acceptors (Lipinski definition) is 6. The van der Waals surface area contributed by atoms with Gasteiger partial charge in [-0.15, -0.1) is 0 Å². The number of methoxy groups -OCH3 is 2. The SMILES string of the molecule is COc1ccc(OC)c(N(CC(=O)NN=Cc2c3ccccc3cc3ccccc23)S(=O)(=O)c2ccccc2)c1. The minimum absolute atomic E-state index is 0.0263. The lowest BCUT2D eigenvalue weighted by Crippen LogP contribution is -2.39. The summed E-state index contributed by atoms with van der Waals surface area (Å²) in [7, 11) is -1.26. The Balaban J connectivity index is 1.49. The van der Waals surface area contributed by atoms with E-state index in [1.807, 2.05) is 48.5 Å². The van der Waals surface area contributed by atoms with Crippen molar-refractivity contribution < 1.29 is 22.7 Å². The van der Waals surface area contributed by atoms with Crippen molar-refractivity contribution in [1.29, 1.82) is 0 Å². The molecule has 1 amide bonds. The number of anilines is 1. The monoisotopic (exact) mass is 553 g/mol. The number of carbonyl (C=O) groups is 1. The molecule has 0 aliphatic rings. The van der Waals surface area contributed by atoms with Crippen molar-refractivity contribution in [3.05, 3.63) is 109 Å². The molecule has 9 heteroatoms.